The molecule has 0 amide bonds. The Morgan fingerprint density at radius 1 is 0.362 bits per heavy atom. The van der Waals surface area contributed by atoms with E-state index in [0.29, 0.717) is 23.0 Å². The van der Waals surface area contributed by atoms with Gasteiger partial charge in [0.05, 0.1) is 0 Å². The average molecular weight is 627 g/mol. The van der Waals surface area contributed by atoms with Crippen molar-refractivity contribution in [2.24, 2.45) is 0 Å². The first-order valence-corrected chi connectivity index (χ1v) is 17.2. The Balaban J connectivity index is 1.06. The Bertz CT molecular complexity index is 2460. The van der Waals surface area contributed by atoms with Crippen LogP contribution in [0.4, 0.5) is 0 Å². The summed E-state index contributed by atoms with van der Waals surface area (Å²) in [6.07, 6.45) is 0. The number of hydrogen-bond acceptors (Lipinski definition) is 4. The number of para-hydroxylation sites is 1. The van der Waals surface area contributed by atoms with Crippen LogP contribution in [0.15, 0.2) is 168 Å². The molecule has 0 unspecified atom stereocenters. The Hall–Kier alpha value is -5.83. The Morgan fingerprint density at radius 3 is 1.66 bits per heavy atom. The molecule has 2 heterocycles. The quantitative estimate of drug-likeness (QED) is 0.178. The first-order valence-electron chi connectivity index (χ1n) is 15.5. The zero-order valence-corrected chi connectivity index (χ0v) is 26.1. The maximum atomic E-state index is 15.0. The highest BCUT2D eigenvalue weighted by Crippen LogP contribution is 2.49. The van der Waals surface area contributed by atoms with Crippen molar-refractivity contribution >= 4 is 45.0 Å². The van der Waals surface area contributed by atoms with Crippen molar-refractivity contribution in [2.45, 2.75) is 0 Å². The van der Waals surface area contributed by atoms with E-state index in [1.165, 1.54) is 0 Å². The number of rotatable bonds is 5. The van der Waals surface area contributed by atoms with Crippen LogP contribution in [-0.4, -0.2) is 0 Å². The molecule has 0 bridgehead atoms. The molecule has 224 valence electrons. The first kappa shape index (κ1) is 27.5. The summed E-state index contributed by atoms with van der Waals surface area (Å²) in [5, 5.41) is 4.47. The molecular formula is C42H27O4P. The third-order valence-electron chi connectivity index (χ3n) is 8.81. The maximum absolute atomic E-state index is 15.0. The number of ether oxygens (including phenoxy) is 2. The minimum absolute atomic E-state index is 0.619. The van der Waals surface area contributed by atoms with Gasteiger partial charge in [-0.3, -0.25) is 0 Å². The second kappa shape index (κ2) is 10.9. The second-order valence-corrected chi connectivity index (χ2v) is 14.4. The molecule has 1 aliphatic rings. The lowest BCUT2D eigenvalue weighted by Crippen LogP contribution is -2.25. The maximum Gasteiger partial charge on any atom is 0.173 e. The van der Waals surface area contributed by atoms with Crippen LogP contribution >= 0.6 is 7.14 Å². The van der Waals surface area contributed by atoms with Gasteiger partial charge in [0.25, 0.3) is 0 Å². The van der Waals surface area contributed by atoms with E-state index >= 15 is 4.57 Å². The van der Waals surface area contributed by atoms with E-state index in [-0.39, 0.29) is 0 Å². The van der Waals surface area contributed by atoms with Crippen molar-refractivity contribution in [1.82, 2.24) is 0 Å². The van der Waals surface area contributed by atoms with Gasteiger partial charge in [-0.05, 0) is 58.7 Å². The van der Waals surface area contributed by atoms with E-state index in [9.17, 15) is 0 Å². The molecule has 47 heavy (non-hydrogen) atoms. The average Bonchev–Trinajstić information content (AvgIpc) is 3.50. The molecule has 7 aromatic carbocycles. The number of benzene rings is 7. The van der Waals surface area contributed by atoms with Crippen LogP contribution < -0.4 is 25.4 Å². The van der Waals surface area contributed by atoms with Crippen LogP contribution in [0.1, 0.15) is 0 Å². The fraction of sp³-hybridized carbons (Fsp3) is 0. The van der Waals surface area contributed by atoms with E-state index in [2.05, 4.69) is 36.4 Å². The van der Waals surface area contributed by atoms with Crippen LogP contribution in [0.3, 0.4) is 0 Å². The smallest absolute Gasteiger partial charge is 0.173 e. The Morgan fingerprint density at radius 2 is 0.915 bits per heavy atom. The number of furan rings is 1. The minimum Gasteiger partial charge on any atom is -0.456 e. The number of fused-ring (bicyclic) bond motifs is 5. The summed E-state index contributed by atoms with van der Waals surface area (Å²) in [6.45, 7) is 0. The molecule has 0 fully saturated rings. The SMILES string of the molecule is O=P(c1ccccc1)(c1ccccc1)c1cccc(-c2cccc(-c3ccc4c(c3)Oc3cc5oc6ccccc6c5cc3O4)c2)c1. The van der Waals surface area contributed by atoms with Crippen LogP contribution in [0.25, 0.3) is 44.2 Å². The topological polar surface area (TPSA) is 48.7 Å². The van der Waals surface area contributed by atoms with Gasteiger partial charge in [0.15, 0.2) is 30.1 Å². The Kier molecular flexibility index (Phi) is 6.38. The van der Waals surface area contributed by atoms with Gasteiger partial charge >= 0.3 is 0 Å². The predicted octanol–water partition coefficient (Wildman–Crippen LogP) is 10.5. The molecule has 9 rings (SSSR count). The normalized spacial score (nSPS) is 12.3. The summed E-state index contributed by atoms with van der Waals surface area (Å²) in [5.74, 6) is 2.59. The lowest BCUT2D eigenvalue weighted by Gasteiger charge is -2.21. The van der Waals surface area contributed by atoms with Crippen molar-refractivity contribution in [2.75, 3.05) is 0 Å². The molecule has 0 saturated heterocycles. The van der Waals surface area contributed by atoms with Gasteiger partial charge in [-0.1, -0.05) is 121 Å². The number of hydrogen-bond donors (Lipinski definition) is 0. The Labute approximate surface area is 271 Å². The van der Waals surface area contributed by atoms with E-state index in [1.54, 1.807) is 0 Å². The van der Waals surface area contributed by atoms with Crippen LogP contribution in [-0.2, 0) is 4.57 Å². The lowest BCUT2D eigenvalue weighted by atomic mass is 9.99. The van der Waals surface area contributed by atoms with E-state index in [4.69, 9.17) is 13.9 Å². The van der Waals surface area contributed by atoms with Gasteiger partial charge in [-0.2, -0.15) is 0 Å². The van der Waals surface area contributed by atoms with Gasteiger partial charge in [0.1, 0.15) is 11.2 Å². The van der Waals surface area contributed by atoms with Crippen LogP contribution in [0, 0.1) is 0 Å². The molecular weight excluding hydrogens is 599 g/mol. The fourth-order valence-electron chi connectivity index (χ4n) is 6.46. The van der Waals surface area contributed by atoms with Crippen molar-refractivity contribution < 1.29 is 18.5 Å². The monoisotopic (exact) mass is 626 g/mol. The molecule has 0 aliphatic carbocycles. The zero-order chi connectivity index (χ0) is 31.4. The van der Waals surface area contributed by atoms with E-state index in [0.717, 1.165) is 60.1 Å². The summed E-state index contributed by atoms with van der Waals surface area (Å²) < 4.78 is 33.8. The van der Waals surface area contributed by atoms with Gasteiger partial charge in [-0.15, -0.1) is 0 Å². The molecule has 0 saturated carbocycles. The summed E-state index contributed by atoms with van der Waals surface area (Å²) >= 11 is 0. The molecule has 4 nitrogen and oxygen atoms in total. The highest BCUT2D eigenvalue weighted by molar-refractivity contribution is 7.85. The zero-order valence-electron chi connectivity index (χ0n) is 25.2. The fourth-order valence-corrected chi connectivity index (χ4v) is 9.16. The van der Waals surface area contributed by atoms with Crippen molar-refractivity contribution in [3.63, 3.8) is 0 Å². The molecule has 0 N–H and O–H groups in total. The molecule has 1 aliphatic heterocycles. The largest absolute Gasteiger partial charge is 0.456 e. The standard InChI is InChI=1S/C42H27O4P/c43-47(32-14-3-1-4-15-32,33-16-5-2-6-17-33)34-18-10-13-30(24-34)28-11-9-12-29(23-28)31-21-22-38-40(25-31)46-42-27-39-36(26-41(42)45-38)35-19-7-8-20-37(35)44-39/h1-27H. The van der Waals surface area contributed by atoms with Gasteiger partial charge in [0.2, 0.25) is 0 Å². The van der Waals surface area contributed by atoms with Crippen molar-refractivity contribution in [3.05, 3.63) is 164 Å². The molecule has 0 atom stereocenters. The van der Waals surface area contributed by atoms with Crippen LogP contribution in [0.2, 0.25) is 0 Å². The molecule has 5 heteroatoms. The second-order valence-electron chi connectivity index (χ2n) is 11.7. The minimum atomic E-state index is -3.10. The summed E-state index contributed by atoms with van der Waals surface area (Å²) in [5.41, 5.74) is 5.65. The van der Waals surface area contributed by atoms with Crippen molar-refractivity contribution in [3.8, 4) is 45.3 Å². The molecule has 8 aromatic rings. The first-order chi connectivity index (χ1) is 23.1. The predicted molar refractivity (Wildman–Crippen MR) is 191 cm³/mol. The van der Waals surface area contributed by atoms with Crippen molar-refractivity contribution in [1.29, 1.82) is 0 Å². The summed E-state index contributed by atoms with van der Waals surface area (Å²) in [7, 11) is -3.10. The summed E-state index contributed by atoms with van der Waals surface area (Å²) in [6, 6.07) is 53.9. The third-order valence-corrected chi connectivity index (χ3v) is 11.9. The summed E-state index contributed by atoms with van der Waals surface area (Å²) in [4.78, 5) is 0. The third kappa shape index (κ3) is 4.65. The lowest BCUT2D eigenvalue weighted by molar-refractivity contribution is 0.360. The van der Waals surface area contributed by atoms with Crippen LogP contribution in [0.5, 0.6) is 23.0 Å². The van der Waals surface area contributed by atoms with Gasteiger partial charge in [-0.25, -0.2) is 0 Å². The highest BCUT2D eigenvalue weighted by Gasteiger charge is 2.30. The molecule has 0 spiro atoms. The van der Waals surface area contributed by atoms with E-state index < -0.39 is 7.14 Å². The molecule has 0 radical (unpaired) electrons. The highest BCUT2D eigenvalue weighted by atomic mass is 31.2. The van der Waals surface area contributed by atoms with Gasteiger partial charge in [0, 0.05) is 32.8 Å². The van der Waals surface area contributed by atoms with E-state index in [1.807, 2.05) is 127 Å². The molecule has 1 aromatic heterocycles. The van der Waals surface area contributed by atoms with Gasteiger partial charge < -0.3 is 18.5 Å².